The lowest BCUT2D eigenvalue weighted by Crippen LogP contribution is -2.26. The van der Waals surface area contributed by atoms with Crippen molar-refractivity contribution in [2.45, 2.75) is 31.1 Å². The number of sulfone groups is 1. The van der Waals surface area contributed by atoms with Crippen molar-refractivity contribution in [3.8, 4) is 5.75 Å². The highest BCUT2D eigenvalue weighted by Gasteiger charge is 2.27. The van der Waals surface area contributed by atoms with Crippen LogP contribution in [-0.4, -0.2) is 34.5 Å². The maximum Gasteiger partial charge on any atom is 0.175 e. The smallest absolute Gasteiger partial charge is 0.175 e. The van der Waals surface area contributed by atoms with Gasteiger partial charge < -0.3 is 9.47 Å². The molecule has 2 rings (SSSR count). The van der Waals surface area contributed by atoms with Crippen molar-refractivity contribution in [1.82, 2.24) is 0 Å². The number of hydrogen-bond donors (Lipinski definition) is 0. The minimum atomic E-state index is -3.22. The molecule has 0 N–H and O–H groups in total. The molecule has 112 valence electrons. The van der Waals surface area contributed by atoms with Gasteiger partial charge in [-0.15, -0.1) is 0 Å². The summed E-state index contributed by atoms with van der Waals surface area (Å²) in [4.78, 5) is 0.391. The molecule has 1 heterocycles. The van der Waals surface area contributed by atoms with Gasteiger partial charge in [-0.25, -0.2) is 8.42 Å². The Kier molecular flexibility index (Phi) is 4.70. The highest BCUT2D eigenvalue weighted by Crippen LogP contribution is 2.32. The predicted octanol–water partition coefficient (Wildman–Crippen LogP) is 2.63. The van der Waals surface area contributed by atoms with Crippen LogP contribution in [0.15, 0.2) is 23.1 Å². The van der Waals surface area contributed by atoms with Gasteiger partial charge in [-0.3, -0.25) is 0 Å². The summed E-state index contributed by atoms with van der Waals surface area (Å²) >= 11 is 0. The summed E-state index contributed by atoms with van der Waals surface area (Å²) in [5, 5.41) is 0. The number of benzene rings is 1. The topological polar surface area (TPSA) is 52.6 Å². The van der Waals surface area contributed by atoms with Crippen molar-refractivity contribution in [3.05, 3.63) is 23.8 Å². The molecule has 1 aromatic rings. The van der Waals surface area contributed by atoms with Crippen LogP contribution in [0.1, 0.15) is 31.7 Å². The van der Waals surface area contributed by atoms with E-state index in [1.165, 1.54) is 6.26 Å². The van der Waals surface area contributed by atoms with Gasteiger partial charge in [0.25, 0.3) is 0 Å². The zero-order valence-corrected chi connectivity index (χ0v) is 13.1. The average Bonchev–Trinajstić information content (AvgIpc) is 2.24. The molecule has 1 aromatic carbocycles. The van der Waals surface area contributed by atoms with Gasteiger partial charge in [0.1, 0.15) is 5.75 Å². The molecule has 0 aromatic heterocycles. The summed E-state index contributed by atoms with van der Waals surface area (Å²) in [6.45, 7) is 6.10. The molecule has 0 saturated carbocycles. The Hall–Kier alpha value is -1.07. The first-order valence-electron chi connectivity index (χ1n) is 6.92. The summed E-state index contributed by atoms with van der Waals surface area (Å²) in [5.74, 6) is 1.48. The summed E-state index contributed by atoms with van der Waals surface area (Å²) in [6, 6.07) is 5.23. The quantitative estimate of drug-likeness (QED) is 0.810. The Morgan fingerprint density at radius 2 is 2.05 bits per heavy atom. The van der Waals surface area contributed by atoms with Crippen LogP contribution in [-0.2, 0) is 14.6 Å². The summed E-state index contributed by atoms with van der Waals surface area (Å²) in [7, 11) is -3.22. The van der Waals surface area contributed by atoms with E-state index in [1.807, 2.05) is 6.07 Å². The maximum atomic E-state index is 11.8. The lowest BCUT2D eigenvalue weighted by atomic mass is 9.97. The van der Waals surface area contributed by atoms with E-state index in [0.717, 1.165) is 17.7 Å². The Balaban J connectivity index is 2.20. The standard InChI is InChI=1S/C15H22O4S/c1-11(2)6-7-19-13-4-5-15(20(3,16)17)14(8-13)12-9-18-10-12/h4-5,8,11-12H,6-7,9-10H2,1-3H3. The predicted molar refractivity (Wildman–Crippen MR) is 78.1 cm³/mol. The van der Waals surface area contributed by atoms with Crippen molar-refractivity contribution in [1.29, 1.82) is 0 Å². The Bertz CT molecular complexity index is 559. The molecule has 0 amide bonds. The molecule has 20 heavy (non-hydrogen) atoms. The third kappa shape index (κ3) is 3.73. The van der Waals surface area contributed by atoms with Gasteiger partial charge in [0, 0.05) is 12.2 Å². The van der Waals surface area contributed by atoms with Crippen molar-refractivity contribution >= 4 is 9.84 Å². The second-order valence-corrected chi connectivity index (χ2v) is 7.72. The molecule has 4 nitrogen and oxygen atoms in total. The van der Waals surface area contributed by atoms with E-state index in [0.29, 0.717) is 30.6 Å². The molecule has 0 aliphatic carbocycles. The van der Waals surface area contributed by atoms with Crippen LogP contribution in [0.25, 0.3) is 0 Å². The molecule has 1 fully saturated rings. The Labute approximate surface area is 121 Å². The van der Waals surface area contributed by atoms with Crippen LogP contribution in [0.5, 0.6) is 5.75 Å². The molecule has 1 saturated heterocycles. The van der Waals surface area contributed by atoms with Gasteiger partial charge >= 0.3 is 0 Å². The van der Waals surface area contributed by atoms with E-state index < -0.39 is 9.84 Å². The molecular formula is C15H22O4S. The molecule has 0 spiro atoms. The van der Waals surface area contributed by atoms with E-state index in [2.05, 4.69) is 13.8 Å². The number of rotatable bonds is 6. The summed E-state index contributed by atoms with van der Waals surface area (Å²) in [5.41, 5.74) is 0.820. The lowest BCUT2D eigenvalue weighted by Gasteiger charge is -2.28. The molecule has 0 bridgehead atoms. The highest BCUT2D eigenvalue weighted by molar-refractivity contribution is 7.90. The number of ether oxygens (including phenoxy) is 2. The van der Waals surface area contributed by atoms with E-state index in [1.54, 1.807) is 12.1 Å². The fourth-order valence-corrected chi connectivity index (χ4v) is 3.07. The van der Waals surface area contributed by atoms with Crippen LogP contribution in [0.3, 0.4) is 0 Å². The summed E-state index contributed by atoms with van der Waals surface area (Å²) in [6.07, 6.45) is 2.22. The molecule has 1 aliphatic rings. The van der Waals surface area contributed by atoms with E-state index in [4.69, 9.17) is 9.47 Å². The van der Waals surface area contributed by atoms with Gasteiger partial charge in [-0.1, -0.05) is 13.8 Å². The van der Waals surface area contributed by atoms with Crippen LogP contribution < -0.4 is 4.74 Å². The fourth-order valence-electron chi connectivity index (χ4n) is 2.10. The molecule has 1 aliphatic heterocycles. The molecule has 0 atom stereocenters. The number of hydrogen-bond acceptors (Lipinski definition) is 4. The molecular weight excluding hydrogens is 276 g/mol. The third-order valence-electron chi connectivity index (χ3n) is 3.42. The van der Waals surface area contributed by atoms with Crippen molar-refractivity contribution < 1.29 is 17.9 Å². The first kappa shape index (κ1) is 15.3. The van der Waals surface area contributed by atoms with Crippen LogP contribution in [0.2, 0.25) is 0 Å². The first-order chi connectivity index (χ1) is 9.38. The minimum absolute atomic E-state index is 0.161. The van der Waals surface area contributed by atoms with Crippen molar-refractivity contribution in [2.75, 3.05) is 26.1 Å². The fraction of sp³-hybridized carbons (Fsp3) is 0.600. The molecule has 0 unspecified atom stereocenters. The van der Waals surface area contributed by atoms with E-state index in [9.17, 15) is 8.42 Å². The average molecular weight is 298 g/mol. The second kappa shape index (κ2) is 6.14. The SMILES string of the molecule is CC(C)CCOc1ccc(S(C)(=O)=O)c(C2COC2)c1. The van der Waals surface area contributed by atoms with Gasteiger partial charge in [0.05, 0.1) is 24.7 Å². The van der Waals surface area contributed by atoms with Crippen molar-refractivity contribution in [3.63, 3.8) is 0 Å². The van der Waals surface area contributed by atoms with Crippen LogP contribution in [0.4, 0.5) is 0 Å². The first-order valence-corrected chi connectivity index (χ1v) is 8.81. The Morgan fingerprint density at radius 1 is 1.35 bits per heavy atom. The zero-order valence-electron chi connectivity index (χ0n) is 12.3. The summed E-state index contributed by atoms with van der Waals surface area (Å²) < 4.78 is 34.5. The molecule has 0 radical (unpaired) electrons. The Morgan fingerprint density at radius 3 is 2.55 bits per heavy atom. The maximum absolute atomic E-state index is 11.8. The minimum Gasteiger partial charge on any atom is -0.494 e. The van der Waals surface area contributed by atoms with Crippen molar-refractivity contribution in [2.24, 2.45) is 5.92 Å². The van der Waals surface area contributed by atoms with Gasteiger partial charge in [0.15, 0.2) is 9.84 Å². The van der Waals surface area contributed by atoms with E-state index >= 15 is 0 Å². The third-order valence-corrected chi connectivity index (χ3v) is 4.59. The monoisotopic (exact) mass is 298 g/mol. The van der Waals surface area contributed by atoms with Gasteiger partial charge in [-0.05, 0) is 36.1 Å². The zero-order chi connectivity index (χ0) is 14.8. The van der Waals surface area contributed by atoms with Crippen LogP contribution in [0, 0.1) is 5.92 Å². The lowest BCUT2D eigenvalue weighted by molar-refractivity contribution is 0.00725. The van der Waals surface area contributed by atoms with E-state index in [-0.39, 0.29) is 5.92 Å². The molecule has 5 heteroatoms. The largest absolute Gasteiger partial charge is 0.494 e. The highest BCUT2D eigenvalue weighted by atomic mass is 32.2. The van der Waals surface area contributed by atoms with Gasteiger partial charge in [-0.2, -0.15) is 0 Å². The van der Waals surface area contributed by atoms with Gasteiger partial charge in [0.2, 0.25) is 0 Å². The van der Waals surface area contributed by atoms with Crippen LogP contribution >= 0.6 is 0 Å². The normalized spacial score (nSPS) is 16.2. The second-order valence-electron chi connectivity index (χ2n) is 5.74.